The van der Waals surface area contributed by atoms with Crippen LogP contribution in [0.4, 0.5) is 4.79 Å². The van der Waals surface area contributed by atoms with Crippen LogP contribution >= 0.6 is 45.2 Å². The van der Waals surface area contributed by atoms with Crippen molar-refractivity contribution in [2.24, 2.45) is 0 Å². The summed E-state index contributed by atoms with van der Waals surface area (Å²) in [5.74, 6) is -0.0855. The first-order valence-corrected chi connectivity index (χ1v) is 8.12. The van der Waals surface area contributed by atoms with Crippen LogP contribution in [0.15, 0.2) is 17.8 Å². The minimum Gasteiger partial charge on any atom is -0.506 e. The maximum Gasteiger partial charge on any atom is 0.329 e. The van der Waals surface area contributed by atoms with Gasteiger partial charge in [0.1, 0.15) is 11.4 Å². The molecule has 7 heteroatoms. The van der Waals surface area contributed by atoms with E-state index in [2.05, 4.69) is 5.32 Å². The molecule has 1 heterocycles. The Morgan fingerprint density at radius 2 is 1.90 bits per heavy atom. The summed E-state index contributed by atoms with van der Waals surface area (Å²) in [7, 11) is 0. The van der Waals surface area contributed by atoms with E-state index >= 15 is 0 Å². The van der Waals surface area contributed by atoms with Crippen LogP contribution in [0.3, 0.4) is 0 Å². The third-order valence-corrected chi connectivity index (χ3v) is 4.40. The largest absolute Gasteiger partial charge is 0.506 e. The Labute approximate surface area is 143 Å². The number of halogens is 2. The fourth-order valence-electron chi connectivity index (χ4n) is 1.83. The summed E-state index contributed by atoms with van der Waals surface area (Å²) in [6.45, 7) is 2.32. The number of carbonyl (C=O) groups excluding carboxylic acids is 2. The van der Waals surface area contributed by atoms with Gasteiger partial charge in [0.25, 0.3) is 5.91 Å². The average Bonchev–Trinajstić information content (AvgIpc) is 2.64. The molecule has 1 fully saturated rings. The first kappa shape index (κ1) is 15.5. The number of aromatic hydroxyl groups is 1. The maximum absolute atomic E-state index is 12.1. The number of hydrogen-bond acceptors (Lipinski definition) is 3. The van der Waals surface area contributed by atoms with E-state index in [4.69, 9.17) is 0 Å². The van der Waals surface area contributed by atoms with E-state index in [0.29, 0.717) is 13.7 Å². The highest BCUT2D eigenvalue weighted by Gasteiger charge is 2.32. The Hall–Kier alpha value is -0.840. The standard InChI is InChI=1S/C13H12I2N2O3/c1-2-3-17-12(19)10(16-13(17)20)6-7-4-8(14)11(18)9(15)5-7/h4-6,18H,2-3H2,1H3,(H,16,20)/b10-6+. The van der Waals surface area contributed by atoms with E-state index in [1.807, 2.05) is 52.1 Å². The molecule has 0 aromatic heterocycles. The van der Waals surface area contributed by atoms with Gasteiger partial charge in [0.2, 0.25) is 0 Å². The lowest BCUT2D eigenvalue weighted by Crippen LogP contribution is -2.31. The molecule has 0 saturated carbocycles. The topological polar surface area (TPSA) is 69.6 Å². The van der Waals surface area contributed by atoms with Gasteiger partial charge in [0.15, 0.2) is 0 Å². The molecule has 0 atom stereocenters. The van der Waals surface area contributed by atoms with E-state index in [1.54, 1.807) is 18.2 Å². The molecule has 0 aliphatic carbocycles. The number of carbonyl (C=O) groups is 2. The molecule has 20 heavy (non-hydrogen) atoms. The first-order chi connectivity index (χ1) is 9.43. The molecule has 0 spiro atoms. The predicted octanol–water partition coefficient (Wildman–Crippen LogP) is 2.90. The van der Waals surface area contributed by atoms with Crippen molar-refractivity contribution >= 4 is 63.2 Å². The number of hydrogen-bond donors (Lipinski definition) is 2. The molecule has 1 aromatic rings. The molecule has 1 aliphatic rings. The van der Waals surface area contributed by atoms with Crippen molar-refractivity contribution in [2.75, 3.05) is 6.54 Å². The molecule has 1 aliphatic heterocycles. The van der Waals surface area contributed by atoms with Crippen LogP contribution in [0.1, 0.15) is 18.9 Å². The molecule has 0 unspecified atom stereocenters. The predicted molar refractivity (Wildman–Crippen MR) is 92.1 cm³/mol. The number of phenolic OH excluding ortho intramolecular Hbond substituents is 1. The second-order valence-electron chi connectivity index (χ2n) is 4.28. The van der Waals surface area contributed by atoms with Gasteiger partial charge in [-0.2, -0.15) is 0 Å². The molecule has 3 amide bonds. The lowest BCUT2D eigenvalue weighted by molar-refractivity contribution is -0.122. The smallest absolute Gasteiger partial charge is 0.329 e. The Bertz CT molecular complexity index is 591. The monoisotopic (exact) mass is 498 g/mol. The van der Waals surface area contributed by atoms with Crippen molar-refractivity contribution in [1.82, 2.24) is 10.2 Å². The molecular formula is C13H12I2N2O3. The number of nitrogens with one attached hydrogen (secondary N) is 1. The molecule has 1 saturated heterocycles. The number of imide groups is 1. The van der Waals surface area contributed by atoms with E-state index in [9.17, 15) is 14.7 Å². The Morgan fingerprint density at radius 3 is 2.45 bits per heavy atom. The van der Waals surface area contributed by atoms with E-state index in [0.717, 1.165) is 12.0 Å². The zero-order valence-electron chi connectivity index (χ0n) is 10.6. The van der Waals surface area contributed by atoms with Gasteiger partial charge in [-0.25, -0.2) is 4.79 Å². The summed E-state index contributed by atoms with van der Waals surface area (Å²) in [6, 6.07) is 3.13. The van der Waals surface area contributed by atoms with Gasteiger partial charge >= 0.3 is 6.03 Å². The van der Waals surface area contributed by atoms with Crippen molar-refractivity contribution < 1.29 is 14.7 Å². The van der Waals surface area contributed by atoms with Gasteiger partial charge in [0.05, 0.1) is 7.14 Å². The minimum atomic E-state index is -0.383. The highest BCUT2D eigenvalue weighted by molar-refractivity contribution is 14.1. The second kappa shape index (κ2) is 6.29. The summed E-state index contributed by atoms with van der Waals surface area (Å²) in [4.78, 5) is 24.9. The summed E-state index contributed by atoms with van der Waals surface area (Å²) in [5, 5.41) is 12.3. The van der Waals surface area contributed by atoms with E-state index < -0.39 is 0 Å². The molecular weight excluding hydrogens is 486 g/mol. The highest BCUT2D eigenvalue weighted by Crippen LogP contribution is 2.28. The van der Waals surface area contributed by atoms with Crippen LogP contribution in [0.5, 0.6) is 5.75 Å². The number of urea groups is 1. The first-order valence-electron chi connectivity index (χ1n) is 5.96. The summed E-state index contributed by atoms with van der Waals surface area (Å²) in [5.41, 5.74) is 1.03. The van der Waals surface area contributed by atoms with Crippen LogP contribution in [-0.4, -0.2) is 28.5 Å². The number of amides is 3. The Kier molecular flexibility index (Phi) is 4.89. The van der Waals surface area contributed by atoms with Crippen LogP contribution < -0.4 is 5.32 Å². The van der Waals surface area contributed by atoms with Gasteiger partial charge in [-0.1, -0.05) is 6.92 Å². The minimum absolute atomic E-state index is 0.225. The van der Waals surface area contributed by atoms with E-state index in [-0.39, 0.29) is 23.4 Å². The highest BCUT2D eigenvalue weighted by atomic mass is 127. The SMILES string of the molecule is CCCN1C(=O)N/C(=C/c2cc(I)c(O)c(I)c2)C1=O. The molecule has 2 N–H and O–H groups in total. The molecule has 1 aromatic carbocycles. The normalized spacial score (nSPS) is 16.9. The molecule has 106 valence electrons. The molecule has 0 bridgehead atoms. The van der Waals surface area contributed by atoms with E-state index in [1.165, 1.54) is 4.90 Å². The van der Waals surface area contributed by atoms with Crippen molar-refractivity contribution in [2.45, 2.75) is 13.3 Å². The zero-order chi connectivity index (χ0) is 14.9. The third-order valence-electron chi connectivity index (χ3n) is 2.76. The second-order valence-corrected chi connectivity index (χ2v) is 6.60. The van der Waals surface area contributed by atoms with Crippen molar-refractivity contribution in [3.05, 3.63) is 30.5 Å². The van der Waals surface area contributed by atoms with Gasteiger partial charge in [0, 0.05) is 6.54 Å². The quantitative estimate of drug-likeness (QED) is 0.383. The van der Waals surface area contributed by atoms with Crippen molar-refractivity contribution in [1.29, 1.82) is 0 Å². The van der Waals surface area contributed by atoms with Crippen molar-refractivity contribution in [3.8, 4) is 5.75 Å². The Morgan fingerprint density at radius 1 is 1.30 bits per heavy atom. The lowest BCUT2D eigenvalue weighted by Gasteiger charge is -2.08. The lowest BCUT2D eigenvalue weighted by atomic mass is 10.2. The Balaban J connectivity index is 2.33. The van der Waals surface area contributed by atoms with Gasteiger partial charge in [-0.15, -0.1) is 0 Å². The van der Waals surface area contributed by atoms with Crippen molar-refractivity contribution in [3.63, 3.8) is 0 Å². The number of benzene rings is 1. The van der Waals surface area contributed by atoms with Crippen LogP contribution in [-0.2, 0) is 4.79 Å². The summed E-state index contributed by atoms with van der Waals surface area (Å²) < 4.78 is 1.40. The van der Waals surface area contributed by atoms with Crippen LogP contribution in [0.2, 0.25) is 0 Å². The summed E-state index contributed by atoms with van der Waals surface area (Å²) in [6.07, 6.45) is 2.35. The molecule has 0 radical (unpaired) electrons. The zero-order valence-corrected chi connectivity index (χ0v) is 14.9. The molecule has 2 rings (SSSR count). The van der Waals surface area contributed by atoms with Crippen LogP contribution in [0, 0.1) is 7.14 Å². The van der Waals surface area contributed by atoms with Gasteiger partial charge in [-0.3, -0.25) is 9.69 Å². The summed E-state index contributed by atoms with van der Waals surface area (Å²) >= 11 is 4.04. The number of phenols is 1. The van der Waals surface area contributed by atoms with Gasteiger partial charge < -0.3 is 10.4 Å². The fraction of sp³-hybridized carbons (Fsp3) is 0.231. The number of rotatable bonds is 3. The fourth-order valence-corrected chi connectivity index (χ4v) is 3.65. The third kappa shape index (κ3) is 3.08. The average molecular weight is 498 g/mol. The van der Waals surface area contributed by atoms with Gasteiger partial charge in [-0.05, 0) is 75.4 Å². The number of nitrogens with zero attached hydrogens (tertiary/aromatic N) is 1. The maximum atomic E-state index is 12.1. The molecule has 5 nitrogen and oxygen atoms in total. The van der Waals surface area contributed by atoms with Crippen LogP contribution in [0.25, 0.3) is 6.08 Å².